The zero-order valence-electron chi connectivity index (χ0n) is 48.9. The van der Waals surface area contributed by atoms with Gasteiger partial charge in [-0.2, -0.15) is 0 Å². The molecule has 0 aromatic rings. The number of phosphoric ester groups is 1. The van der Waals surface area contributed by atoms with Crippen LogP contribution in [0, 0.1) is 0 Å². The molecule has 432 valence electrons. The number of hydrogen-bond acceptors (Lipinski definition) is 7. The average Bonchev–Trinajstić information content (AvgIpc) is 3.38. The Labute approximate surface area is 466 Å². The van der Waals surface area contributed by atoms with Crippen LogP contribution in [0.25, 0.3) is 0 Å². The predicted molar refractivity (Wildman–Crippen MR) is 325 cm³/mol. The van der Waals surface area contributed by atoms with Gasteiger partial charge >= 0.3 is 19.8 Å². The Morgan fingerprint density at radius 1 is 0.421 bits per heavy atom. The molecular formula is C66H111NO8P+. The summed E-state index contributed by atoms with van der Waals surface area (Å²) >= 11 is 0. The Balaban J connectivity index is 4.25. The third-order valence-electron chi connectivity index (χ3n) is 12.2. The normalized spacial score (nSPS) is 14.2. The van der Waals surface area contributed by atoms with Crippen molar-refractivity contribution in [3.63, 3.8) is 0 Å². The van der Waals surface area contributed by atoms with Gasteiger partial charge in [-0.05, 0) is 116 Å². The van der Waals surface area contributed by atoms with E-state index in [2.05, 4.69) is 148 Å². The summed E-state index contributed by atoms with van der Waals surface area (Å²) in [5.41, 5.74) is 0. The number of ether oxygens (including phenoxy) is 2. The van der Waals surface area contributed by atoms with E-state index in [4.69, 9.17) is 18.5 Å². The molecule has 9 nitrogen and oxygen atoms in total. The molecular weight excluding hydrogens is 966 g/mol. The maximum Gasteiger partial charge on any atom is 0.472 e. The summed E-state index contributed by atoms with van der Waals surface area (Å²) in [6, 6.07) is 0. The van der Waals surface area contributed by atoms with Crippen molar-refractivity contribution in [3.05, 3.63) is 134 Å². The van der Waals surface area contributed by atoms with Gasteiger partial charge in [-0.15, -0.1) is 0 Å². The highest BCUT2D eigenvalue weighted by Gasteiger charge is 2.27. The van der Waals surface area contributed by atoms with Gasteiger partial charge in [0.2, 0.25) is 0 Å². The molecule has 0 aromatic carbocycles. The minimum atomic E-state index is -4.40. The van der Waals surface area contributed by atoms with E-state index in [9.17, 15) is 19.0 Å². The van der Waals surface area contributed by atoms with Crippen molar-refractivity contribution in [2.75, 3.05) is 47.5 Å². The molecule has 0 aliphatic carbocycles. The van der Waals surface area contributed by atoms with Crippen molar-refractivity contribution >= 4 is 19.8 Å². The number of carbonyl (C=O) groups is 2. The third kappa shape index (κ3) is 59.4. The van der Waals surface area contributed by atoms with Gasteiger partial charge in [0, 0.05) is 12.8 Å². The maximum absolute atomic E-state index is 12.8. The van der Waals surface area contributed by atoms with E-state index in [0.717, 1.165) is 128 Å². The lowest BCUT2D eigenvalue weighted by molar-refractivity contribution is -0.870. The second kappa shape index (κ2) is 55.9. The molecule has 1 N–H and O–H groups in total. The van der Waals surface area contributed by atoms with Crippen LogP contribution in [0.4, 0.5) is 0 Å². The number of phosphoric acid groups is 1. The molecule has 0 spiro atoms. The molecule has 0 saturated carbocycles. The lowest BCUT2D eigenvalue weighted by atomic mass is 10.1. The quantitative estimate of drug-likeness (QED) is 0.0211. The van der Waals surface area contributed by atoms with Crippen molar-refractivity contribution < 1.29 is 42.1 Å². The lowest BCUT2D eigenvalue weighted by Gasteiger charge is -2.24. The first-order valence-electron chi connectivity index (χ1n) is 29.9. The van der Waals surface area contributed by atoms with Gasteiger partial charge in [-0.3, -0.25) is 18.6 Å². The van der Waals surface area contributed by atoms with Crippen molar-refractivity contribution in [3.8, 4) is 0 Å². The van der Waals surface area contributed by atoms with Crippen LogP contribution in [0.2, 0.25) is 0 Å². The van der Waals surface area contributed by atoms with Crippen LogP contribution in [0.1, 0.15) is 219 Å². The van der Waals surface area contributed by atoms with Crippen molar-refractivity contribution in [2.24, 2.45) is 0 Å². The maximum atomic E-state index is 12.8. The Bertz CT molecular complexity index is 1740. The number of esters is 2. The van der Waals surface area contributed by atoms with E-state index >= 15 is 0 Å². The standard InChI is InChI=1S/C66H110NO8P/c1-6-8-10-12-14-16-18-20-22-24-26-27-28-29-30-31-32-33-34-35-36-37-38-39-41-43-45-47-49-51-53-55-57-59-66(69)75-64(63-74-76(70,71)73-61-60-67(3,4)5)62-72-65(68)58-56-54-52-50-48-46-44-42-40-25-23-21-19-17-15-13-11-9-7-2/h8,10,14-17,20-23,26-27,29-30,32-33,35-36,38-39,43,45,64H,6-7,9,11-13,18-19,24-25,28,31,34,37,40-42,44,46-63H2,1-5H3/p+1/b10-8-,16-14-,17-15-,22-20-,23-21-,27-26-,30-29-,33-32-,36-35-,39-38-,45-43-. The number of quaternary nitrogens is 1. The number of nitrogens with zero attached hydrogens (tertiary/aromatic N) is 1. The van der Waals surface area contributed by atoms with Gasteiger partial charge in [0.1, 0.15) is 19.8 Å². The second-order valence-electron chi connectivity index (χ2n) is 20.6. The Morgan fingerprint density at radius 2 is 0.750 bits per heavy atom. The minimum Gasteiger partial charge on any atom is -0.462 e. The highest BCUT2D eigenvalue weighted by molar-refractivity contribution is 7.47. The zero-order chi connectivity index (χ0) is 55.6. The topological polar surface area (TPSA) is 108 Å². The van der Waals surface area contributed by atoms with Gasteiger partial charge in [0.25, 0.3) is 0 Å². The first-order chi connectivity index (χ1) is 37.0. The monoisotopic (exact) mass is 1080 g/mol. The number of hydrogen-bond donors (Lipinski definition) is 1. The summed E-state index contributed by atoms with van der Waals surface area (Å²) in [7, 11) is 1.44. The summed E-state index contributed by atoms with van der Waals surface area (Å²) in [5.74, 6) is -0.833. The van der Waals surface area contributed by atoms with Gasteiger partial charge in [0.05, 0.1) is 27.7 Å². The van der Waals surface area contributed by atoms with Gasteiger partial charge in [-0.1, -0.05) is 225 Å². The van der Waals surface area contributed by atoms with Crippen LogP contribution >= 0.6 is 7.82 Å². The summed E-state index contributed by atoms with van der Waals surface area (Å²) in [6.45, 7) is 4.25. The highest BCUT2D eigenvalue weighted by Crippen LogP contribution is 2.43. The van der Waals surface area contributed by atoms with Crippen LogP contribution in [0.15, 0.2) is 134 Å². The molecule has 0 heterocycles. The Hall–Kier alpha value is -3.85. The number of unbranched alkanes of at least 4 members (excludes halogenated alkanes) is 17. The molecule has 0 fully saturated rings. The minimum absolute atomic E-state index is 0.0195. The van der Waals surface area contributed by atoms with E-state index < -0.39 is 26.5 Å². The van der Waals surface area contributed by atoms with E-state index in [1.807, 2.05) is 21.1 Å². The molecule has 0 aliphatic rings. The molecule has 2 atom stereocenters. The van der Waals surface area contributed by atoms with Gasteiger partial charge in [-0.25, -0.2) is 4.57 Å². The Kier molecular flexibility index (Phi) is 53.1. The van der Waals surface area contributed by atoms with Crippen LogP contribution in [0.5, 0.6) is 0 Å². The number of carbonyl (C=O) groups excluding carboxylic acids is 2. The van der Waals surface area contributed by atoms with Gasteiger partial charge in [0.15, 0.2) is 6.10 Å². The SMILES string of the molecule is CC/C=C\C/C=C\C/C=C\C/C=C\C/C=C\C/C=C\C/C=C\C/C=C\C/C=C\CCCCCCCC(=O)OC(COC(=O)CCCCCCCCCCC/C=C\C/C=C\CCCCC)COP(=O)(O)OCC[N+](C)(C)C. The highest BCUT2D eigenvalue weighted by atomic mass is 31.2. The molecule has 0 aromatic heterocycles. The number of likely N-dealkylation sites (N-methyl/N-ethyl adjacent to an activating group) is 1. The van der Waals surface area contributed by atoms with Crippen molar-refractivity contribution in [1.82, 2.24) is 0 Å². The second-order valence-corrected chi connectivity index (χ2v) is 22.1. The van der Waals surface area contributed by atoms with Crippen molar-refractivity contribution in [2.45, 2.75) is 225 Å². The van der Waals surface area contributed by atoms with Gasteiger partial charge < -0.3 is 18.9 Å². The van der Waals surface area contributed by atoms with Crippen LogP contribution in [-0.2, 0) is 32.7 Å². The molecule has 0 radical (unpaired) electrons. The predicted octanol–water partition coefficient (Wildman–Crippen LogP) is 18.9. The molecule has 0 saturated heterocycles. The lowest BCUT2D eigenvalue weighted by Crippen LogP contribution is -2.37. The van der Waals surface area contributed by atoms with Crippen LogP contribution < -0.4 is 0 Å². The summed E-state index contributed by atoms with van der Waals surface area (Å²) in [5, 5.41) is 0. The van der Waals surface area contributed by atoms with E-state index in [0.29, 0.717) is 17.4 Å². The van der Waals surface area contributed by atoms with Crippen molar-refractivity contribution in [1.29, 1.82) is 0 Å². The molecule has 2 unspecified atom stereocenters. The molecule has 10 heteroatoms. The van der Waals surface area contributed by atoms with E-state index in [1.165, 1.54) is 57.8 Å². The molecule has 0 bridgehead atoms. The summed E-state index contributed by atoms with van der Waals surface area (Å²) in [4.78, 5) is 35.7. The summed E-state index contributed by atoms with van der Waals surface area (Å²) < 4.78 is 34.5. The van der Waals surface area contributed by atoms with E-state index in [-0.39, 0.29) is 32.0 Å². The molecule has 0 rings (SSSR count). The zero-order valence-corrected chi connectivity index (χ0v) is 49.8. The molecule has 0 amide bonds. The average molecular weight is 1080 g/mol. The fourth-order valence-corrected chi connectivity index (χ4v) is 8.31. The first-order valence-corrected chi connectivity index (χ1v) is 31.4. The molecule has 0 aliphatic heterocycles. The Morgan fingerprint density at radius 3 is 1.12 bits per heavy atom. The number of rotatable bonds is 53. The summed E-state index contributed by atoms with van der Waals surface area (Å²) in [6.07, 6.45) is 80.9. The third-order valence-corrected chi connectivity index (χ3v) is 13.1. The largest absolute Gasteiger partial charge is 0.472 e. The van der Waals surface area contributed by atoms with E-state index in [1.54, 1.807) is 0 Å². The fraction of sp³-hybridized carbons (Fsp3) is 0.636. The number of allylic oxidation sites excluding steroid dienone is 22. The fourth-order valence-electron chi connectivity index (χ4n) is 7.57. The van der Waals surface area contributed by atoms with Crippen LogP contribution in [0.3, 0.4) is 0 Å². The first kappa shape index (κ1) is 72.2. The molecule has 76 heavy (non-hydrogen) atoms. The van der Waals surface area contributed by atoms with Crippen LogP contribution in [-0.4, -0.2) is 74.9 Å². The smallest absolute Gasteiger partial charge is 0.462 e.